The Balaban J connectivity index is 1.61. The number of methoxy groups -OCH3 is 3. The van der Waals surface area contributed by atoms with Crippen molar-refractivity contribution in [3.05, 3.63) is 88.9 Å². The number of para-hydroxylation sites is 2. The second kappa shape index (κ2) is 9.33. The quantitative estimate of drug-likeness (QED) is 0.485. The standard InChI is InChI=1S/C28H27FN2O4/c1-33-24-14-17(15-25(34-2)28(24)35-3)16-12-22-26(23(32)13-16)27(18-8-4-5-9-19(18)29)31-21-11-7-6-10-20(21)30-22/h4-11,14-16,27,30-31H,12-13H2,1-3H3/t16-,27-/m1/s1. The second-order valence-corrected chi connectivity index (χ2v) is 8.65. The fourth-order valence-electron chi connectivity index (χ4n) is 5.01. The molecule has 3 aromatic carbocycles. The zero-order valence-electron chi connectivity index (χ0n) is 19.9. The van der Waals surface area contributed by atoms with Gasteiger partial charge in [-0.1, -0.05) is 30.3 Å². The predicted octanol–water partition coefficient (Wildman–Crippen LogP) is 5.83. The molecule has 2 N–H and O–H groups in total. The molecule has 7 heteroatoms. The summed E-state index contributed by atoms with van der Waals surface area (Å²) < 4.78 is 31.4. The van der Waals surface area contributed by atoms with Crippen molar-refractivity contribution in [3.63, 3.8) is 0 Å². The van der Waals surface area contributed by atoms with Gasteiger partial charge in [-0.25, -0.2) is 4.39 Å². The number of Topliss-reactive ketones (excluding diaryl/α,β-unsaturated/α-hetero) is 1. The van der Waals surface area contributed by atoms with Crippen LogP contribution in [0.5, 0.6) is 17.2 Å². The van der Waals surface area contributed by atoms with E-state index in [1.54, 1.807) is 39.5 Å². The molecule has 0 bridgehead atoms. The number of carbonyl (C=O) groups excluding carboxylic acids is 1. The van der Waals surface area contributed by atoms with E-state index in [2.05, 4.69) is 10.6 Å². The van der Waals surface area contributed by atoms with Crippen LogP contribution in [0.3, 0.4) is 0 Å². The van der Waals surface area contributed by atoms with Crippen molar-refractivity contribution < 1.29 is 23.4 Å². The number of nitrogens with one attached hydrogen (secondary N) is 2. The Bertz CT molecular complexity index is 1290. The van der Waals surface area contributed by atoms with Crippen LogP contribution in [0.25, 0.3) is 0 Å². The van der Waals surface area contributed by atoms with Gasteiger partial charge in [0.25, 0.3) is 0 Å². The van der Waals surface area contributed by atoms with Crippen LogP contribution in [0.1, 0.15) is 35.9 Å². The molecule has 0 fully saturated rings. The van der Waals surface area contributed by atoms with Crippen molar-refractivity contribution in [3.8, 4) is 17.2 Å². The average Bonchev–Trinajstić information content (AvgIpc) is 3.04. The van der Waals surface area contributed by atoms with Crippen LogP contribution in [0.4, 0.5) is 15.8 Å². The summed E-state index contributed by atoms with van der Waals surface area (Å²) in [6, 6.07) is 17.5. The summed E-state index contributed by atoms with van der Waals surface area (Å²) in [6.45, 7) is 0. The number of allylic oxidation sites excluding steroid dienone is 1. The van der Waals surface area contributed by atoms with Gasteiger partial charge in [0.1, 0.15) is 5.82 Å². The molecule has 1 aliphatic carbocycles. The van der Waals surface area contributed by atoms with E-state index in [4.69, 9.17) is 14.2 Å². The van der Waals surface area contributed by atoms with E-state index in [9.17, 15) is 9.18 Å². The fraction of sp³-hybridized carbons (Fsp3) is 0.250. The van der Waals surface area contributed by atoms with E-state index >= 15 is 0 Å². The average molecular weight is 475 g/mol. The molecule has 1 heterocycles. The number of rotatable bonds is 5. The van der Waals surface area contributed by atoms with Gasteiger partial charge in [0.2, 0.25) is 5.75 Å². The van der Waals surface area contributed by atoms with Gasteiger partial charge < -0.3 is 24.8 Å². The first-order valence-corrected chi connectivity index (χ1v) is 11.5. The summed E-state index contributed by atoms with van der Waals surface area (Å²) in [7, 11) is 4.70. The lowest BCUT2D eigenvalue weighted by Crippen LogP contribution is -2.27. The van der Waals surface area contributed by atoms with E-state index in [0.717, 1.165) is 22.6 Å². The van der Waals surface area contributed by atoms with Crippen molar-refractivity contribution in [2.75, 3.05) is 32.0 Å². The number of halogens is 1. The lowest BCUT2D eigenvalue weighted by atomic mass is 9.78. The highest BCUT2D eigenvalue weighted by atomic mass is 19.1. The number of ether oxygens (including phenoxy) is 3. The molecule has 0 unspecified atom stereocenters. The molecule has 0 radical (unpaired) electrons. The molecule has 2 aliphatic rings. The maximum atomic E-state index is 14.9. The zero-order valence-corrected chi connectivity index (χ0v) is 19.9. The van der Waals surface area contributed by atoms with Gasteiger partial charge in [0, 0.05) is 23.3 Å². The Kier molecular flexibility index (Phi) is 6.07. The topological polar surface area (TPSA) is 68.8 Å². The largest absolute Gasteiger partial charge is 0.493 e. The zero-order chi connectivity index (χ0) is 24.5. The van der Waals surface area contributed by atoms with Gasteiger partial charge in [-0.05, 0) is 48.2 Å². The molecule has 0 saturated heterocycles. The summed E-state index contributed by atoms with van der Waals surface area (Å²) in [5, 5.41) is 6.89. The highest BCUT2D eigenvalue weighted by molar-refractivity contribution is 6.01. The lowest BCUT2D eigenvalue weighted by molar-refractivity contribution is -0.116. The summed E-state index contributed by atoms with van der Waals surface area (Å²) in [4.78, 5) is 13.7. The number of hydrogen-bond acceptors (Lipinski definition) is 6. The number of anilines is 2. The van der Waals surface area contributed by atoms with Crippen LogP contribution in [0.15, 0.2) is 71.9 Å². The highest BCUT2D eigenvalue weighted by Crippen LogP contribution is 2.47. The van der Waals surface area contributed by atoms with Crippen molar-refractivity contribution in [2.24, 2.45) is 0 Å². The Hall–Kier alpha value is -4.00. The molecular formula is C28H27FN2O4. The van der Waals surface area contributed by atoms with Crippen molar-refractivity contribution >= 4 is 17.2 Å². The van der Waals surface area contributed by atoms with E-state index in [-0.39, 0.29) is 23.9 Å². The molecule has 180 valence electrons. The third kappa shape index (κ3) is 4.07. The van der Waals surface area contributed by atoms with E-state index in [1.807, 2.05) is 36.4 Å². The number of hydrogen-bond donors (Lipinski definition) is 2. The third-order valence-corrected chi connectivity index (χ3v) is 6.68. The predicted molar refractivity (Wildman–Crippen MR) is 133 cm³/mol. The van der Waals surface area contributed by atoms with E-state index in [0.29, 0.717) is 34.8 Å². The molecule has 0 aromatic heterocycles. The summed E-state index contributed by atoms with van der Waals surface area (Å²) in [5.41, 5.74) is 4.36. The van der Waals surface area contributed by atoms with Crippen LogP contribution < -0.4 is 24.8 Å². The molecule has 2 atom stereocenters. The van der Waals surface area contributed by atoms with Crippen molar-refractivity contribution in [1.82, 2.24) is 0 Å². The third-order valence-electron chi connectivity index (χ3n) is 6.68. The van der Waals surface area contributed by atoms with Crippen LogP contribution in [-0.4, -0.2) is 27.1 Å². The van der Waals surface area contributed by atoms with Gasteiger partial charge in [0.15, 0.2) is 17.3 Å². The minimum atomic E-state index is -0.601. The maximum absolute atomic E-state index is 14.9. The normalized spacial score (nSPS) is 19.0. The molecule has 0 saturated carbocycles. The van der Waals surface area contributed by atoms with Gasteiger partial charge in [-0.15, -0.1) is 0 Å². The molecule has 1 aliphatic heterocycles. The van der Waals surface area contributed by atoms with Gasteiger partial charge in [-0.2, -0.15) is 0 Å². The number of fused-ring (bicyclic) bond motifs is 1. The Labute approximate surface area is 203 Å². The Morgan fingerprint density at radius 2 is 1.51 bits per heavy atom. The smallest absolute Gasteiger partial charge is 0.203 e. The van der Waals surface area contributed by atoms with Crippen LogP contribution in [0.2, 0.25) is 0 Å². The summed E-state index contributed by atoms with van der Waals surface area (Å²) in [6.07, 6.45) is 0.850. The van der Waals surface area contributed by atoms with Gasteiger partial charge in [-0.3, -0.25) is 4.79 Å². The summed E-state index contributed by atoms with van der Waals surface area (Å²) in [5.74, 6) is 1.08. The summed E-state index contributed by atoms with van der Waals surface area (Å²) >= 11 is 0. The van der Waals surface area contributed by atoms with Gasteiger partial charge >= 0.3 is 0 Å². The Morgan fingerprint density at radius 3 is 2.17 bits per heavy atom. The number of carbonyl (C=O) groups is 1. The van der Waals surface area contributed by atoms with Crippen LogP contribution >= 0.6 is 0 Å². The first-order chi connectivity index (χ1) is 17.0. The highest BCUT2D eigenvalue weighted by Gasteiger charge is 2.37. The van der Waals surface area contributed by atoms with Crippen LogP contribution in [-0.2, 0) is 4.79 Å². The number of ketones is 1. The molecule has 6 nitrogen and oxygen atoms in total. The molecular weight excluding hydrogens is 447 g/mol. The molecule has 35 heavy (non-hydrogen) atoms. The number of benzene rings is 3. The SMILES string of the molecule is COc1cc([C@H]2CC(=O)C3=C(C2)Nc2ccccc2N[C@@H]3c2ccccc2F)cc(OC)c1OC. The Morgan fingerprint density at radius 1 is 0.857 bits per heavy atom. The van der Waals surface area contributed by atoms with E-state index < -0.39 is 6.04 Å². The van der Waals surface area contributed by atoms with Crippen molar-refractivity contribution in [2.45, 2.75) is 24.8 Å². The first kappa shape index (κ1) is 22.8. The molecule has 5 rings (SSSR count). The van der Waals surface area contributed by atoms with Crippen molar-refractivity contribution in [1.29, 1.82) is 0 Å². The first-order valence-electron chi connectivity index (χ1n) is 11.5. The lowest BCUT2D eigenvalue weighted by Gasteiger charge is -2.30. The molecule has 0 amide bonds. The molecule has 0 spiro atoms. The van der Waals surface area contributed by atoms with E-state index in [1.165, 1.54) is 6.07 Å². The fourth-order valence-corrected chi connectivity index (χ4v) is 5.01. The minimum Gasteiger partial charge on any atom is -0.493 e. The molecule has 3 aromatic rings. The van der Waals surface area contributed by atoms with Crippen LogP contribution in [0, 0.1) is 5.82 Å². The minimum absolute atomic E-state index is 0.0361. The van der Waals surface area contributed by atoms with Gasteiger partial charge in [0.05, 0.1) is 38.7 Å². The maximum Gasteiger partial charge on any atom is 0.203 e. The monoisotopic (exact) mass is 474 g/mol. The second-order valence-electron chi connectivity index (χ2n) is 8.65.